The number of rotatable bonds is 11. The van der Waals surface area contributed by atoms with E-state index in [0.29, 0.717) is 42.6 Å². The van der Waals surface area contributed by atoms with Gasteiger partial charge in [0.25, 0.3) is 5.91 Å². The number of methoxy groups -OCH3 is 1. The predicted molar refractivity (Wildman–Crippen MR) is 105 cm³/mol. The second kappa shape index (κ2) is 11.5. The van der Waals surface area contributed by atoms with E-state index in [1.54, 1.807) is 31.4 Å². The van der Waals surface area contributed by atoms with Gasteiger partial charge in [-0.3, -0.25) is 9.59 Å². The number of benzene rings is 2. The van der Waals surface area contributed by atoms with Gasteiger partial charge < -0.3 is 24.3 Å². The molecule has 0 saturated heterocycles. The number of hydrogen-bond acceptors (Lipinski definition) is 6. The summed E-state index contributed by atoms with van der Waals surface area (Å²) in [6.45, 7) is 2.45. The quantitative estimate of drug-likeness (QED) is 0.470. The van der Waals surface area contributed by atoms with Crippen molar-refractivity contribution < 1.29 is 28.5 Å². The maximum absolute atomic E-state index is 11.9. The smallest absolute Gasteiger partial charge is 0.306 e. The average Bonchev–Trinajstić information content (AvgIpc) is 2.71. The van der Waals surface area contributed by atoms with Gasteiger partial charge in [-0.1, -0.05) is 18.2 Å². The van der Waals surface area contributed by atoms with E-state index >= 15 is 0 Å². The van der Waals surface area contributed by atoms with E-state index in [1.165, 1.54) is 0 Å². The van der Waals surface area contributed by atoms with Gasteiger partial charge in [0, 0.05) is 18.2 Å². The molecule has 0 fully saturated rings. The Morgan fingerprint density at radius 3 is 2.46 bits per heavy atom. The van der Waals surface area contributed by atoms with Gasteiger partial charge in [0.2, 0.25) is 0 Å². The molecule has 0 aromatic heterocycles. The highest BCUT2D eigenvalue weighted by Crippen LogP contribution is 2.26. The van der Waals surface area contributed by atoms with Gasteiger partial charge in [-0.15, -0.1) is 0 Å². The van der Waals surface area contributed by atoms with Crippen LogP contribution in [0.15, 0.2) is 48.5 Å². The lowest BCUT2D eigenvalue weighted by Gasteiger charge is -2.11. The van der Waals surface area contributed by atoms with Crippen molar-refractivity contribution in [2.24, 2.45) is 0 Å². The third-order valence-electron chi connectivity index (χ3n) is 3.65. The topological polar surface area (TPSA) is 83.1 Å². The molecule has 0 heterocycles. The van der Waals surface area contributed by atoms with Crippen molar-refractivity contribution in [2.45, 2.75) is 19.8 Å². The minimum absolute atomic E-state index is 0.156. The Kier molecular flexibility index (Phi) is 8.65. The van der Waals surface area contributed by atoms with Gasteiger partial charge in [-0.05, 0) is 37.6 Å². The highest BCUT2D eigenvalue weighted by molar-refractivity contribution is 5.92. The van der Waals surface area contributed by atoms with Gasteiger partial charge in [0.05, 0.1) is 20.3 Å². The summed E-state index contributed by atoms with van der Waals surface area (Å²) in [4.78, 5) is 23.6. The zero-order chi connectivity index (χ0) is 20.2. The fourth-order valence-electron chi connectivity index (χ4n) is 2.36. The van der Waals surface area contributed by atoms with Crippen molar-refractivity contribution in [1.82, 2.24) is 0 Å². The molecule has 7 nitrogen and oxygen atoms in total. The zero-order valence-corrected chi connectivity index (χ0v) is 16.1. The largest absolute Gasteiger partial charge is 0.497 e. The lowest BCUT2D eigenvalue weighted by atomic mass is 10.3. The summed E-state index contributed by atoms with van der Waals surface area (Å²) in [6, 6.07) is 14.3. The van der Waals surface area contributed by atoms with E-state index in [0.717, 1.165) is 0 Å². The number of para-hydroxylation sites is 2. The summed E-state index contributed by atoms with van der Waals surface area (Å²) in [6.07, 6.45) is 0.625. The second-order valence-electron chi connectivity index (χ2n) is 5.77. The van der Waals surface area contributed by atoms with Crippen LogP contribution in [0.4, 0.5) is 5.69 Å². The molecule has 1 amide bonds. The van der Waals surface area contributed by atoms with Crippen molar-refractivity contribution in [2.75, 3.05) is 32.2 Å². The number of anilines is 1. The van der Waals surface area contributed by atoms with Crippen LogP contribution in [0.25, 0.3) is 0 Å². The van der Waals surface area contributed by atoms with E-state index in [-0.39, 0.29) is 13.0 Å². The molecule has 0 atom stereocenters. The molecular formula is C21H25NO6. The Hall–Kier alpha value is -3.22. The van der Waals surface area contributed by atoms with Crippen molar-refractivity contribution in [3.63, 3.8) is 0 Å². The summed E-state index contributed by atoms with van der Waals surface area (Å²) < 4.78 is 21.2. The standard InChI is InChI=1S/C21H25NO6/c1-3-26-18-10-4-5-11-19(18)27-13-7-12-21(24)28-15-20(23)22-16-8-6-9-17(14-16)25-2/h4-6,8-11,14H,3,7,12-13,15H2,1-2H3,(H,22,23). The van der Waals surface area contributed by atoms with Crippen molar-refractivity contribution in [1.29, 1.82) is 0 Å². The molecular weight excluding hydrogens is 362 g/mol. The van der Waals surface area contributed by atoms with E-state index in [2.05, 4.69) is 5.32 Å². The molecule has 0 bridgehead atoms. The SMILES string of the molecule is CCOc1ccccc1OCCCC(=O)OCC(=O)Nc1cccc(OC)c1. The molecule has 2 aromatic carbocycles. The Morgan fingerprint density at radius 2 is 1.75 bits per heavy atom. The van der Waals surface area contributed by atoms with E-state index in [9.17, 15) is 9.59 Å². The number of carbonyl (C=O) groups excluding carboxylic acids is 2. The summed E-state index contributed by atoms with van der Waals surface area (Å²) in [7, 11) is 1.54. The Bertz CT molecular complexity index is 777. The molecule has 0 aliphatic carbocycles. The molecule has 0 aliphatic heterocycles. The summed E-state index contributed by atoms with van der Waals surface area (Å²) in [5.41, 5.74) is 0.571. The number of ether oxygens (including phenoxy) is 4. The van der Waals surface area contributed by atoms with E-state index < -0.39 is 11.9 Å². The fraction of sp³-hybridized carbons (Fsp3) is 0.333. The van der Waals surface area contributed by atoms with Gasteiger partial charge >= 0.3 is 5.97 Å². The average molecular weight is 387 g/mol. The molecule has 7 heteroatoms. The van der Waals surface area contributed by atoms with Gasteiger partial charge in [0.15, 0.2) is 18.1 Å². The van der Waals surface area contributed by atoms with Crippen LogP contribution in [0.5, 0.6) is 17.2 Å². The molecule has 28 heavy (non-hydrogen) atoms. The van der Waals surface area contributed by atoms with Crippen LogP contribution in [0.2, 0.25) is 0 Å². The molecule has 2 rings (SSSR count). The number of esters is 1. The first-order chi connectivity index (χ1) is 13.6. The third-order valence-corrected chi connectivity index (χ3v) is 3.65. The van der Waals surface area contributed by atoms with E-state index in [4.69, 9.17) is 18.9 Å². The van der Waals surface area contributed by atoms with Crippen LogP contribution < -0.4 is 19.5 Å². The monoisotopic (exact) mass is 387 g/mol. The molecule has 150 valence electrons. The lowest BCUT2D eigenvalue weighted by Crippen LogP contribution is -2.21. The minimum atomic E-state index is -0.456. The van der Waals surface area contributed by atoms with Crippen LogP contribution in [-0.4, -0.2) is 38.8 Å². The number of amides is 1. The van der Waals surface area contributed by atoms with Gasteiger partial charge in [0.1, 0.15) is 5.75 Å². The second-order valence-corrected chi connectivity index (χ2v) is 5.77. The normalized spacial score (nSPS) is 10.1. The van der Waals surface area contributed by atoms with Gasteiger partial charge in [-0.25, -0.2) is 0 Å². The zero-order valence-electron chi connectivity index (χ0n) is 16.1. The Morgan fingerprint density at radius 1 is 1.00 bits per heavy atom. The van der Waals surface area contributed by atoms with E-state index in [1.807, 2.05) is 31.2 Å². The summed E-state index contributed by atoms with van der Waals surface area (Å²) >= 11 is 0. The van der Waals surface area contributed by atoms with Crippen LogP contribution in [0.3, 0.4) is 0 Å². The first kappa shape index (κ1) is 21.1. The molecule has 0 aliphatic rings. The highest BCUT2D eigenvalue weighted by Gasteiger charge is 2.09. The molecule has 0 spiro atoms. The molecule has 1 N–H and O–H groups in total. The molecule has 0 saturated carbocycles. The summed E-state index contributed by atoms with van der Waals surface area (Å²) in [5, 5.41) is 2.64. The van der Waals surface area contributed by atoms with Crippen molar-refractivity contribution >= 4 is 17.6 Å². The first-order valence-electron chi connectivity index (χ1n) is 9.06. The van der Waals surface area contributed by atoms with Crippen molar-refractivity contribution in [3.05, 3.63) is 48.5 Å². The molecule has 0 radical (unpaired) electrons. The minimum Gasteiger partial charge on any atom is -0.497 e. The van der Waals surface area contributed by atoms with Crippen molar-refractivity contribution in [3.8, 4) is 17.2 Å². The highest BCUT2D eigenvalue weighted by atomic mass is 16.5. The van der Waals surface area contributed by atoms with Crippen LogP contribution in [0.1, 0.15) is 19.8 Å². The Balaban J connectivity index is 1.65. The first-order valence-corrected chi connectivity index (χ1v) is 9.06. The van der Waals surface area contributed by atoms with Gasteiger partial charge in [-0.2, -0.15) is 0 Å². The Labute approximate surface area is 164 Å². The number of carbonyl (C=O) groups is 2. The number of hydrogen-bond donors (Lipinski definition) is 1. The van der Waals surface area contributed by atoms with Crippen LogP contribution in [-0.2, 0) is 14.3 Å². The lowest BCUT2D eigenvalue weighted by molar-refractivity contribution is -0.147. The maximum Gasteiger partial charge on any atom is 0.306 e. The summed E-state index contributed by atoms with van der Waals surface area (Å²) in [5.74, 6) is 1.06. The third kappa shape index (κ3) is 7.19. The molecule has 0 unspecified atom stereocenters. The molecule has 2 aromatic rings. The van der Waals surface area contributed by atoms with Crippen LogP contribution >= 0.6 is 0 Å². The number of nitrogens with one attached hydrogen (secondary N) is 1. The maximum atomic E-state index is 11.9. The fourth-order valence-corrected chi connectivity index (χ4v) is 2.36. The predicted octanol–water partition coefficient (Wildman–Crippen LogP) is 3.43. The van der Waals surface area contributed by atoms with Crippen LogP contribution in [0, 0.1) is 0 Å².